The molecule has 0 saturated heterocycles. The fourth-order valence-corrected chi connectivity index (χ4v) is 2.92. The van der Waals surface area contributed by atoms with Gasteiger partial charge in [0.1, 0.15) is 29.7 Å². The second-order valence-electron chi connectivity index (χ2n) is 6.06. The van der Waals surface area contributed by atoms with Crippen LogP contribution >= 0.6 is 0 Å². The van der Waals surface area contributed by atoms with E-state index in [9.17, 15) is 0 Å². The zero-order valence-corrected chi connectivity index (χ0v) is 14.0. The number of hydrogen-bond acceptors (Lipinski definition) is 4. The monoisotopic (exact) mass is 333 g/mol. The van der Waals surface area contributed by atoms with Crippen LogP contribution in [0.3, 0.4) is 0 Å². The Morgan fingerprint density at radius 3 is 3.04 bits per heavy atom. The van der Waals surface area contributed by atoms with Gasteiger partial charge in [-0.25, -0.2) is 4.98 Å². The quantitative estimate of drug-likeness (QED) is 0.886. The van der Waals surface area contributed by atoms with E-state index < -0.39 is 0 Å². The van der Waals surface area contributed by atoms with Crippen molar-refractivity contribution in [3.63, 3.8) is 0 Å². The Bertz CT molecular complexity index is 903. The number of aromatic amines is 1. The fraction of sp³-hybridized carbons (Fsp3) is 0.200. The minimum atomic E-state index is 0.611. The van der Waals surface area contributed by atoms with Crippen LogP contribution in [0.25, 0.3) is 17.1 Å². The third-order valence-electron chi connectivity index (χ3n) is 4.13. The first-order valence-electron chi connectivity index (χ1n) is 8.34. The minimum Gasteiger partial charge on any atom is -0.465 e. The second kappa shape index (κ2) is 6.81. The van der Waals surface area contributed by atoms with Gasteiger partial charge in [0.25, 0.3) is 0 Å². The summed E-state index contributed by atoms with van der Waals surface area (Å²) in [5.74, 6) is 1.40. The van der Waals surface area contributed by atoms with Crippen LogP contribution in [0.15, 0.2) is 66.6 Å². The van der Waals surface area contributed by atoms with Gasteiger partial charge in [0.15, 0.2) is 5.76 Å². The Kier molecular flexibility index (Phi) is 4.21. The van der Waals surface area contributed by atoms with Gasteiger partial charge in [0, 0.05) is 12.1 Å². The number of nitrogens with zero attached hydrogens (tertiary/aromatic N) is 2. The van der Waals surface area contributed by atoms with Gasteiger partial charge in [-0.3, -0.25) is 4.98 Å². The predicted molar refractivity (Wildman–Crippen MR) is 95.9 cm³/mol. The molecule has 0 radical (unpaired) electrons. The van der Waals surface area contributed by atoms with Crippen LogP contribution in [0, 0.1) is 6.92 Å². The van der Waals surface area contributed by atoms with Gasteiger partial charge >= 0.3 is 0 Å². The molecule has 0 bridgehead atoms. The van der Waals surface area contributed by atoms with E-state index >= 15 is 0 Å². The number of imidazole rings is 1. The van der Waals surface area contributed by atoms with E-state index in [0.29, 0.717) is 5.76 Å². The van der Waals surface area contributed by atoms with Crippen LogP contribution < -0.4 is 0 Å². The summed E-state index contributed by atoms with van der Waals surface area (Å²) < 4.78 is 11.6. The highest BCUT2D eigenvalue weighted by molar-refractivity contribution is 5.72. The van der Waals surface area contributed by atoms with Gasteiger partial charge in [-0.05, 0) is 31.9 Å². The van der Waals surface area contributed by atoms with Crippen molar-refractivity contribution in [1.29, 1.82) is 0 Å². The lowest BCUT2D eigenvalue weighted by atomic mass is 10.0. The number of pyridine rings is 1. The van der Waals surface area contributed by atoms with Gasteiger partial charge in [-0.2, -0.15) is 0 Å². The molecule has 0 fully saturated rings. The average Bonchev–Trinajstić information content (AvgIpc) is 3.13. The Morgan fingerprint density at radius 1 is 1.24 bits per heavy atom. The maximum absolute atomic E-state index is 6.06. The van der Waals surface area contributed by atoms with E-state index in [0.717, 1.165) is 47.8 Å². The minimum absolute atomic E-state index is 0.611. The molecule has 5 nitrogen and oxygen atoms in total. The first kappa shape index (κ1) is 15.4. The third kappa shape index (κ3) is 3.40. The van der Waals surface area contributed by atoms with E-state index in [1.807, 2.05) is 25.1 Å². The molecule has 0 atom stereocenters. The van der Waals surface area contributed by atoms with E-state index in [2.05, 4.69) is 33.2 Å². The topological polar surface area (TPSA) is 60.0 Å². The van der Waals surface area contributed by atoms with Gasteiger partial charge in [-0.1, -0.05) is 29.9 Å². The number of H-pyrrole nitrogens is 1. The van der Waals surface area contributed by atoms with E-state index in [-0.39, 0.29) is 0 Å². The number of allylic oxidation sites excluding steroid dienone is 4. The maximum Gasteiger partial charge on any atom is 0.187 e. The number of ether oxygens (including phenoxy) is 2. The number of aryl methyl sites for hydroxylation is 1. The molecular formula is C20H19N3O2. The van der Waals surface area contributed by atoms with Crippen molar-refractivity contribution >= 4 is 5.76 Å². The molecule has 5 heteroatoms. The van der Waals surface area contributed by atoms with Gasteiger partial charge in [0.2, 0.25) is 0 Å². The van der Waals surface area contributed by atoms with Crippen molar-refractivity contribution in [3.8, 4) is 11.4 Å². The molecule has 1 aliphatic heterocycles. The first-order chi connectivity index (χ1) is 12.3. The second-order valence-corrected chi connectivity index (χ2v) is 6.06. The summed E-state index contributed by atoms with van der Waals surface area (Å²) in [6, 6.07) is 5.87. The zero-order chi connectivity index (χ0) is 17.1. The van der Waals surface area contributed by atoms with Crippen LogP contribution in [0.5, 0.6) is 0 Å². The summed E-state index contributed by atoms with van der Waals surface area (Å²) in [6.45, 7) is 1.96. The molecule has 1 N–H and O–H groups in total. The number of aromatic nitrogens is 3. The molecule has 25 heavy (non-hydrogen) atoms. The molecule has 0 spiro atoms. The van der Waals surface area contributed by atoms with Gasteiger partial charge in [-0.15, -0.1) is 0 Å². The molecular weight excluding hydrogens is 314 g/mol. The SMILES string of the molecule is Cc1cccc(-c2nc[nH]c2C2=COC=C(CC3=CC=CCC3)O2)n1. The van der Waals surface area contributed by atoms with E-state index in [1.165, 1.54) is 5.57 Å². The van der Waals surface area contributed by atoms with Crippen LogP contribution in [0.4, 0.5) is 0 Å². The normalized spacial score (nSPS) is 16.4. The summed E-state index contributed by atoms with van der Waals surface area (Å²) in [5.41, 5.74) is 4.60. The lowest BCUT2D eigenvalue weighted by Gasteiger charge is -2.18. The molecule has 126 valence electrons. The highest BCUT2D eigenvalue weighted by atomic mass is 16.5. The maximum atomic E-state index is 6.06. The number of hydrogen-bond donors (Lipinski definition) is 1. The number of rotatable bonds is 4. The van der Waals surface area contributed by atoms with E-state index in [1.54, 1.807) is 18.9 Å². The van der Waals surface area contributed by atoms with Crippen molar-refractivity contribution in [2.75, 3.05) is 0 Å². The molecule has 4 rings (SSSR count). The average molecular weight is 333 g/mol. The lowest BCUT2D eigenvalue weighted by Crippen LogP contribution is -2.03. The van der Waals surface area contributed by atoms with Crippen molar-refractivity contribution in [3.05, 3.63) is 78.0 Å². The molecule has 2 aromatic heterocycles. The molecule has 0 amide bonds. The molecule has 3 heterocycles. The molecule has 0 unspecified atom stereocenters. The van der Waals surface area contributed by atoms with Gasteiger partial charge in [0.05, 0.1) is 12.0 Å². The summed E-state index contributed by atoms with van der Waals surface area (Å²) in [4.78, 5) is 12.1. The van der Waals surface area contributed by atoms with Crippen molar-refractivity contribution in [1.82, 2.24) is 15.0 Å². The Labute approximate surface area is 146 Å². The summed E-state index contributed by atoms with van der Waals surface area (Å²) in [6.07, 6.45) is 14.2. The molecule has 0 aromatic carbocycles. The van der Waals surface area contributed by atoms with Crippen LogP contribution in [-0.2, 0) is 9.47 Å². The van der Waals surface area contributed by atoms with Crippen LogP contribution in [-0.4, -0.2) is 15.0 Å². The molecule has 2 aliphatic rings. The van der Waals surface area contributed by atoms with E-state index in [4.69, 9.17) is 9.47 Å². The van der Waals surface area contributed by atoms with Crippen LogP contribution in [0.2, 0.25) is 0 Å². The standard InChI is InChI=1S/C20H19N3O2/c1-14-6-5-9-17(23-14)19-20(22-13-21-19)18-12-24-11-16(25-18)10-15-7-3-2-4-8-15/h2-3,5-7,9,11-13H,4,8,10H2,1H3,(H,21,22). The zero-order valence-electron chi connectivity index (χ0n) is 14.0. The Morgan fingerprint density at radius 2 is 2.20 bits per heavy atom. The van der Waals surface area contributed by atoms with Gasteiger partial charge < -0.3 is 14.5 Å². The summed E-state index contributed by atoms with van der Waals surface area (Å²) in [7, 11) is 0. The number of nitrogens with one attached hydrogen (secondary N) is 1. The fourth-order valence-electron chi connectivity index (χ4n) is 2.92. The first-order valence-corrected chi connectivity index (χ1v) is 8.34. The Hall–Kier alpha value is -3.08. The smallest absolute Gasteiger partial charge is 0.187 e. The highest BCUT2D eigenvalue weighted by Gasteiger charge is 2.20. The van der Waals surface area contributed by atoms with Crippen molar-refractivity contribution in [2.24, 2.45) is 0 Å². The molecule has 1 aliphatic carbocycles. The highest BCUT2D eigenvalue weighted by Crippen LogP contribution is 2.31. The van der Waals surface area contributed by atoms with Crippen molar-refractivity contribution < 1.29 is 9.47 Å². The largest absolute Gasteiger partial charge is 0.465 e. The lowest BCUT2D eigenvalue weighted by molar-refractivity contribution is 0.272. The summed E-state index contributed by atoms with van der Waals surface area (Å²) >= 11 is 0. The predicted octanol–water partition coefficient (Wildman–Crippen LogP) is 4.63. The molecule has 2 aromatic rings. The Balaban J connectivity index is 1.55. The van der Waals surface area contributed by atoms with Crippen molar-refractivity contribution in [2.45, 2.75) is 26.2 Å². The molecule has 0 saturated carbocycles. The summed E-state index contributed by atoms with van der Waals surface area (Å²) in [5, 5.41) is 0. The third-order valence-corrected chi connectivity index (χ3v) is 4.13. The van der Waals surface area contributed by atoms with Crippen LogP contribution in [0.1, 0.15) is 30.7 Å².